The smallest absolute Gasteiger partial charge is 0.216 e. The van der Waals surface area contributed by atoms with Gasteiger partial charge >= 0.3 is 0 Å². The normalized spacial score (nSPS) is 20.7. The van der Waals surface area contributed by atoms with Gasteiger partial charge in [-0.05, 0) is 70.7 Å². The maximum Gasteiger partial charge on any atom is 0.216 e. The van der Waals surface area contributed by atoms with Crippen LogP contribution < -0.4 is 4.72 Å². The SMILES string of the molecule is CC(C)(C)S(=O)(=O)N[C@H]1CC[C@H](c2cc(-c3cc(F)cc(C#N)c3)n[nH]2)CC1. The van der Waals surface area contributed by atoms with Gasteiger partial charge < -0.3 is 0 Å². The number of nitriles is 1. The number of nitrogens with one attached hydrogen (secondary N) is 2. The molecule has 0 aliphatic heterocycles. The Balaban J connectivity index is 1.67. The Morgan fingerprint density at radius 2 is 1.86 bits per heavy atom. The van der Waals surface area contributed by atoms with Crippen molar-refractivity contribution in [2.45, 2.75) is 63.2 Å². The molecule has 0 atom stereocenters. The van der Waals surface area contributed by atoms with Crippen molar-refractivity contribution in [2.24, 2.45) is 0 Å². The van der Waals surface area contributed by atoms with Crippen LogP contribution in [-0.2, 0) is 10.0 Å². The van der Waals surface area contributed by atoms with Crippen molar-refractivity contribution in [3.8, 4) is 17.3 Å². The second-order valence-electron chi connectivity index (χ2n) is 8.33. The number of aromatic nitrogens is 2. The van der Waals surface area contributed by atoms with Crippen molar-refractivity contribution in [3.63, 3.8) is 0 Å². The highest BCUT2D eigenvalue weighted by atomic mass is 32.2. The molecule has 0 saturated heterocycles. The third-order valence-electron chi connectivity index (χ3n) is 5.22. The summed E-state index contributed by atoms with van der Waals surface area (Å²) in [4.78, 5) is 0. The summed E-state index contributed by atoms with van der Waals surface area (Å²) in [5, 5.41) is 16.3. The lowest BCUT2D eigenvalue weighted by Gasteiger charge is -2.30. The Hall–Kier alpha value is -2.24. The number of rotatable bonds is 4. The third kappa shape index (κ3) is 4.42. The van der Waals surface area contributed by atoms with Crippen molar-refractivity contribution in [3.05, 3.63) is 41.3 Å². The Bertz CT molecular complexity index is 994. The van der Waals surface area contributed by atoms with Gasteiger partial charge in [0.1, 0.15) is 5.82 Å². The fourth-order valence-corrected chi connectivity index (χ4v) is 4.44. The molecule has 1 aliphatic carbocycles. The van der Waals surface area contributed by atoms with E-state index in [2.05, 4.69) is 14.9 Å². The Labute approximate surface area is 165 Å². The number of H-pyrrole nitrogens is 1. The fourth-order valence-electron chi connectivity index (χ4n) is 3.41. The highest BCUT2D eigenvalue weighted by Crippen LogP contribution is 2.34. The van der Waals surface area contributed by atoms with Gasteiger partial charge in [-0.15, -0.1) is 0 Å². The summed E-state index contributed by atoms with van der Waals surface area (Å²) in [6.45, 7) is 5.08. The van der Waals surface area contributed by atoms with E-state index in [-0.39, 0.29) is 17.5 Å². The molecule has 0 radical (unpaired) electrons. The van der Waals surface area contributed by atoms with E-state index in [1.807, 2.05) is 12.1 Å². The summed E-state index contributed by atoms with van der Waals surface area (Å²) >= 11 is 0. The summed E-state index contributed by atoms with van der Waals surface area (Å²) in [6, 6.07) is 7.95. The minimum Gasteiger partial charge on any atom is -0.282 e. The number of benzene rings is 1. The predicted octanol–water partition coefficient (Wildman–Crippen LogP) is 3.83. The zero-order chi connectivity index (χ0) is 20.5. The molecule has 0 bridgehead atoms. The van der Waals surface area contributed by atoms with E-state index < -0.39 is 20.6 Å². The maximum atomic E-state index is 13.7. The highest BCUT2D eigenvalue weighted by molar-refractivity contribution is 7.90. The topological polar surface area (TPSA) is 98.6 Å². The van der Waals surface area contributed by atoms with Crippen LogP contribution in [0, 0.1) is 17.1 Å². The molecule has 0 unspecified atom stereocenters. The number of aromatic amines is 1. The van der Waals surface area contributed by atoms with Gasteiger partial charge in [-0.1, -0.05) is 0 Å². The summed E-state index contributed by atoms with van der Waals surface area (Å²) < 4.78 is 40.3. The number of nitrogens with zero attached hydrogens (tertiary/aromatic N) is 2. The molecule has 0 amide bonds. The molecule has 1 fully saturated rings. The lowest BCUT2D eigenvalue weighted by atomic mass is 9.84. The van der Waals surface area contributed by atoms with Gasteiger partial charge in [0.2, 0.25) is 10.0 Å². The first-order valence-electron chi connectivity index (χ1n) is 9.37. The van der Waals surface area contributed by atoms with E-state index in [1.54, 1.807) is 26.8 Å². The Morgan fingerprint density at radius 1 is 1.18 bits per heavy atom. The molecular formula is C20H25FN4O2S. The van der Waals surface area contributed by atoms with Gasteiger partial charge in [-0.3, -0.25) is 5.10 Å². The van der Waals surface area contributed by atoms with Crippen molar-refractivity contribution in [1.82, 2.24) is 14.9 Å². The molecule has 1 heterocycles. The molecule has 2 N–H and O–H groups in total. The molecule has 3 rings (SSSR count). The molecule has 2 aromatic rings. The van der Waals surface area contributed by atoms with Crippen LogP contribution in [0.2, 0.25) is 0 Å². The standard InChI is InChI=1S/C20H25FN4O2S/c1-20(2,3)28(26,27)25-17-6-4-14(5-7-17)18-11-19(24-23-18)15-8-13(12-22)9-16(21)10-15/h8-11,14,17,25H,4-7H2,1-3H3,(H,23,24)/t14-,17-. The number of sulfonamides is 1. The van der Waals surface area contributed by atoms with E-state index in [4.69, 9.17) is 5.26 Å². The molecule has 28 heavy (non-hydrogen) atoms. The Morgan fingerprint density at radius 3 is 2.46 bits per heavy atom. The van der Waals surface area contributed by atoms with Crippen molar-refractivity contribution in [1.29, 1.82) is 5.26 Å². The first-order chi connectivity index (χ1) is 13.1. The van der Waals surface area contributed by atoms with E-state index in [0.717, 1.165) is 31.4 Å². The zero-order valence-electron chi connectivity index (χ0n) is 16.3. The molecule has 0 spiro atoms. The highest BCUT2D eigenvalue weighted by Gasteiger charge is 2.33. The molecule has 8 heteroatoms. The van der Waals surface area contributed by atoms with Crippen LogP contribution in [-0.4, -0.2) is 29.4 Å². The van der Waals surface area contributed by atoms with Crippen LogP contribution in [0.5, 0.6) is 0 Å². The van der Waals surface area contributed by atoms with Crippen LogP contribution in [0.3, 0.4) is 0 Å². The van der Waals surface area contributed by atoms with Gasteiger partial charge in [0.25, 0.3) is 0 Å². The minimum absolute atomic E-state index is 0.0516. The molecule has 1 aliphatic rings. The van der Waals surface area contributed by atoms with Gasteiger partial charge in [-0.25, -0.2) is 17.5 Å². The molecular weight excluding hydrogens is 379 g/mol. The fraction of sp³-hybridized carbons (Fsp3) is 0.500. The molecule has 6 nitrogen and oxygen atoms in total. The average Bonchev–Trinajstić information content (AvgIpc) is 3.10. The lowest BCUT2D eigenvalue weighted by molar-refractivity contribution is 0.367. The quantitative estimate of drug-likeness (QED) is 0.809. The average molecular weight is 405 g/mol. The molecule has 1 saturated carbocycles. The van der Waals surface area contributed by atoms with E-state index >= 15 is 0 Å². The van der Waals surface area contributed by atoms with E-state index in [1.165, 1.54) is 12.1 Å². The Kier molecular flexibility index (Phi) is 5.60. The van der Waals surface area contributed by atoms with Crippen LogP contribution in [0.25, 0.3) is 11.3 Å². The second-order valence-corrected chi connectivity index (χ2v) is 10.8. The third-order valence-corrected chi connectivity index (χ3v) is 7.47. The monoisotopic (exact) mass is 404 g/mol. The van der Waals surface area contributed by atoms with Crippen LogP contribution in [0.4, 0.5) is 4.39 Å². The summed E-state index contributed by atoms with van der Waals surface area (Å²) in [5.74, 6) is -0.217. The number of hydrogen-bond donors (Lipinski definition) is 2. The molecule has 150 valence electrons. The van der Waals surface area contributed by atoms with Crippen molar-refractivity contribution in [2.75, 3.05) is 0 Å². The number of hydrogen-bond acceptors (Lipinski definition) is 4. The van der Waals surface area contributed by atoms with E-state index in [9.17, 15) is 12.8 Å². The largest absolute Gasteiger partial charge is 0.282 e. The molecule has 1 aromatic heterocycles. The van der Waals surface area contributed by atoms with Crippen LogP contribution in [0.15, 0.2) is 24.3 Å². The maximum absolute atomic E-state index is 13.7. The van der Waals surface area contributed by atoms with E-state index in [0.29, 0.717) is 11.3 Å². The summed E-state index contributed by atoms with van der Waals surface area (Å²) in [5.41, 5.74) is 2.37. The zero-order valence-corrected chi connectivity index (χ0v) is 17.1. The lowest BCUT2D eigenvalue weighted by Crippen LogP contribution is -2.45. The van der Waals surface area contributed by atoms with Crippen LogP contribution in [0.1, 0.15) is 63.6 Å². The predicted molar refractivity (Wildman–Crippen MR) is 106 cm³/mol. The first kappa shape index (κ1) is 20.5. The summed E-state index contributed by atoms with van der Waals surface area (Å²) in [6.07, 6.45) is 3.19. The number of halogens is 1. The second kappa shape index (κ2) is 7.64. The van der Waals surface area contributed by atoms with Crippen molar-refractivity contribution < 1.29 is 12.8 Å². The first-order valence-corrected chi connectivity index (χ1v) is 10.9. The molecule has 1 aromatic carbocycles. The van der Waals surface area contributed by atoms with Gasteiger partial charge in [0.15, 0.2) is 0 Å². The van der Waals surface area contributed by atoms with Gasteiger partial charge in [-0.2, -0.15) is 10.4 Å². The van der Waals surface area contributed by atoms with Crippen molar-refractivity contribution >= 4 is 10.0 Å². The minimum atomic E-state index is -3.35. The van der Waals surface area contributed by atoms with Crippen LogP contribution >= 0.6 is 0 Å². The summed E-state index contributed by atoms with van der Waals surface area (Å²) in [7, 11) is -3.35. The van der Waals surface area contributed by atoms with Gasteiger partial charge in [0, 0.05) is 23.2 Å². The van der Waals surface area contributed by atoms with Gasteiger partial charge in [0.05, 0.1) is 22.1 Å².